The van der Waals surface area contributed by atoms with Crippen LogP contribution >= 0.6 is 92.4 Å². The molecule has 9 aromatic rings. The highest BCUT2D eigenvalue weighted by atomic mass is 35.5. The van der Waals surface area contributed by atoms with Crippen molar-refractivity contribution < 1.29 is 110 Å². The number of nitrogens with zero attached hydrogens (tertiary/aromatic N) is 15. The molecule has 7 aliphatic heterocycles. The third kappa shape index (κ3) is 24.9. The number of carbonyl (C=O) groups excluding carboxylic acids is 3. The lowest BCUT2D eigenvalue weighted by molar-refractivity contribution is -0.198. The Balaban J connectivity index is 0.000000141. The second-order valence-corrected chi connectivity index (χ2v) is 44.5. The lowest BCUT2D eigenvalue weighted by Crippen LogP contribution is -2.42. The molecule has 3 aromatic carbocycles. The van der Waals surface area contributed by atoms with E-state index in [0.717, 1.165) is 80.9 Å². The predicted octanol–water partition coefficient (Wildman–Crippen LogP) is 13.3. The van der Waals surface area contributed by atoms with Gasteiger partial charge in [-0.05, 0) is 154 Å². The van der Waals surface area contributed by atoms with Crippen molar-refractivity contribution in [3.05, 3.63) is 139 Å². The maximum Gasteiger partial charge on any atom is 0.340 e. The van der Waals surface area contributed by atoms with E-state index in [1.807, 2.05) is 26.0 Å². The molecule has 0 radical (unpaired) electrons. The van der Waals surface area contributed by atoms with Crippen LogP contribution in [0.2, 0.25) is 30.9 Å². The van der Waals surface area contributed by atoms with Gasteiger partial charge in [0.05, 0.1) is 50.5 Å². The third-order valence-corrected chi connectivity index (χ3v) is 30.8. The van der Waals surface area contributed by atoms with Crippen molar-refractivity contribution in [3.8, 4) is 0 Å². The molecule has 5 unspecified atom stereocenters. The quantitative estimate of drug-likeness (QED) is 0.0180. The highest BCUT2D eigenvalue weighted by Crippen LogP contribution is 2.58. The molecule has 744 valence electrons. The average Bonchev–Trinajstić information content (AvgIpc) is 1.59. The Morgan fingerprint density at radius 1 is 0.496 bits per heavy atom. The van der Waals surface area contributed by atoms with Crippen molar-refractivity contribution in [1.29, 1.82) is 0 Å². The minimum atomic E-state index is -4.50. The van der Waals surface area contributed by atoms with Crippen LogP contribution in [0.1, 0.15) is 178 Å². The van der Waals surface area contributed by atoms with Gasteiger partial charge in [-0.15, -0.1) is 0 Å². The highest BCUT2D eigenvalue weighted by Gasteiger charge is 2.59. The molecule has 9 N–H and O–H groups in total. The first-order valence-electron chi connectivity index (χ1n) is 45.4. The number of likely N-dealkylation sites (N-methyl/N-ethyl adjacent to an activating group) is 3. The zero-order valence-corrected chi connectivity index (χ0v) is 83.2. The minimum absolute atomic E-state index is 0.00397. The van der Waals surface area contributed by atoms with E-state index in [-0.39, 0.29) is 61.3 Å². The number of aromatic nitrogens is 12. The van der Waals surface area contributed by atoms with E-state index < -0.39 is 163 Å². The van der Waals surface area contributed by atoms with E-state index in [9.17, 15) is 43.4 Å². The Morgan fingerprint density at radius 2 is 0.854 bits per heavy atom. The van der Waals surface area contributed by atoms with Crippen molar-refractivity contribution in [2.75, 3.05) is 95.0 Å². The molecule has 137 heavy (non-hydrogen) atoms. The molecule has 0 bridgehead atoms. The van der Waals surface area contributed by atoms with Gasteiger partial charge in [0, 0.05) is 99.8 Å². The van der Waals surface area contributed by atoms with Gasteiger partial charge in [0.25, 0.3) is 0 Å². The van der Waals surface area contributed by atoms with E-state index in [4.69, 9.17) is 136 Å². The summed E-state index contributed by atoms with van der Waals surface area (Å²) in [5.74, 6) is -1.78. The molecular formula is C87H111Cl6N18O23P3. The maximum absolute atomic E-state index is 13.6. The summed E-state index contributed by atoms with van der Waals surface area (Å²) in [7, 11) is -7.41. The lowest BCUT2D eigenvalue weighted by Gasteiger charge is -2.31. The van der Waals surface area contributed by atoms with Gasteiger partial charge >= 0.3 is 22.8 Å². The summed E-state index contributed by atoms with van der Waals surface area (Å²) in [6.07, 6.45) is 6.36. The van der Waals surface area contributed by atoms with Crippen LogP contribution in [-0.2, 0) is 79.3 Å². The molecule has 3 aliphatic carbocycles. The summed E-state index contributed by atoms with van der Waals surface area (Å²) in [5, 5.41) is 51.9. The summed E-state index contributed by atoms with van der Waals surface area (Å²) in [5.41, 5.74) is 5.19. The molecule has 0 spiro atoms. The fourth-order valence-electron chi connectivity index (χ4n) is 18.7. The third-order valence-electron chi connectivity index (χ3n) is 25.3. The zero-order chi connectivity index (χ0) is 97.3. The number of hydrogen-bond acceptors (Lipinski definition) is 33. The number of amides is 3. The van der Waals surface area contributed by atoms with Gasteiger partial charge in [-0.3, -0.25) is 50.8 Å². The first kappa shape index (κ1) is 103. The number of imidazole rings is 3. The smallest absolute Gasteiger partial charge is 0.340 e. The normalized spacial score (nSPS) is 28.2. The van der Waals surface area contributed by atoms with Crippen molar-refractivity contribution >= 4 is 161 Å². The van der Waals surface area contributed by atoms with Crippen molar-refractivity contribution in [2.24, 2.45) is 0 Å². The molecule has 3 saturated carbocycles. The van der Waals surface area contributed by atoms with Crippen LogP contribution in [0.25, 0.3) is 33.5 Å². The second kappa shape index (κ2) is 43.6. The number of ether oxygens (including phenoxy) is 7. The Morgan fingerprint density at radius 3 is 1.23 bits per heavy atom. The molecular weight excluding hydrogens is 1970 g/mol. The van der Waals surface area contributed by atoms with Crippen LogP contribution in [0.3, 0.4) is 0 Å². The molecule has 50 heteroatoms. The number of nitrogens with one attached hydrogen (secondary N) is 3. The van der Waals surface area contributed by atoms with Crippen molar-refractivity contribution in [1.82, 2.24) is 73.3 Å². The van der Waals surface area contributed by atoms with E-state index in [0.29, 0.717) is 97.4 Å². The van der Waals surface area contributed by atoms with Gasteiger partial charge in [-0.25, -0.2) is 15.0 Å². The Hall–Kier alpha value is -7.13. The van der Waals surface area contributed by atoms with E-state index in [2.05, 4.69) is 60.8 Å². The Kier molecular flexibility index (Phi) is 32.7. The molecule has 41 nitrogen and oxygen atoms in total. The maximum atomic E-state index is 13.6. The van der Waals surface area contributed by atoms with E-state index in [1.54, 1.807) is 103 Å². The molecule has 10 aliphatic rings. The van der Waals surface area contributed by atoms with Crippen LogP contribution < -0.4 is 16.0 Å². The molecule has 10 fully saturated rings. The number of anilines is 3. The summed E-state index contributed by atoms with van der Waals surface area (Å²) < 4.78 is 110. The number of benzene rings is 3. The van der Waals surface area contributed by atoms with Gasteiger partial charge in [0.1, 0.15) is 73.4 Å². The van der Waals surface area contributed by atoms with E-state index >= 15 is 0 Å². The number of aliphatic hydroxyl groups excluding tert-OH is 4. The topological polar surface area (TPSA) is 502 Å². The molecule has 7 saturated heterocycles. The molecule has 6 aromatic heterocycles. The standard InChI is InChI=1S/C30H37Cl2N6O7P.C27H33Cl2N6O7P.C21H30ClN6O7P.C9H11ClO2/c1-30(2)43-24-21(14-37(3)22(39)15-46(40)41-12-11-20(45-46)17-7-6-8-18(31)13-17)42-28(25(24)44-30)38-16-33-23-26(34-19-9-4-5-10-19)35-29(32)36-27(23)38;1-34(20(36)13-43(39)40-10-9-18(42-43)15-5-4-6-16(28)11-15)12-19-22(37)23(38)26(41-19)35-14-30-21-24(31-17-7-2-3-8-17)32-27(29)33-25(21)35;1-21(2)34-15-12(8-27(3)13(29)9-36(30,31)32)33-19(16(15)35-21)28-10-23-14-17(24-11-6-4-5-7-11)25-20(22)26-18(14)28;10-8-3-1-2-7(6-8)9(12)4-5-11/h6-8,13,16,19-21,24-25,28H,4-5,9-12,14-15H2,1-3H3,(H,34,35,36);4-6,11,14,17-19,22-23,26,37-38H,2-3,7-10,12-13H2,1H3,(H,31,32,33);10-12,15-16,19H,4-9H2,1-3H3,(H,24,25,26)(H2,30,31,32);1-3,6,9,11-12H,4-5H2/t20?,21-,24-,25-,28-,46?;18?,19-,22-,23-,26-,43?;12-,15-,16-,19-;/m111./s1. The van der Waals surface area contributed by atoms with Gasteiger partial charge in [0.15, 0.2) is 81.2 Å². The molecule has 13 heterocycles. The number of aliphatic hydroxyl groups is 4. The number of carbonyl (C=O) groups is 3. The number of rotatable bonds is 26. The zero-order valence-electron chi connectivity index (χ0n) is 76.0. The summed E-state index contributed by atoms with van der Waals surface area (Å²) >= 11 is 36.9. The number of fused-ring (bicyclic) bond motifs is 5. The number of halogens is 6. The average molecular weight is 2080 g/mol. The number of hydrogen-bond donors (Lipinski definition) is 9. The Bertz CT molecular complexity index is 5960. The molecule has 17 atom stereocenters. The summed E-state index contributed by atoms with van der Waals surface area (Å²) in [4.78, 5) is 101. The lowest BCUT2D eigenvalue weighted by atomic mass is 10.1. The van der Waals surface area contributed by atoms with Crippen LogP contribution in [0.15, 0.2) is 91.8 Å². The van der Waals surface area contributed by atoms with Gasteiger partial charge in [-0.1, -0.05) is 110 Å². The second-order valence-electron chi connectivity index (χ2n) is 36.5. The molecule has 3 amide bonds. The van der Waals surface area contributed by atoms with Crippen molar-refractivity contribution in [3.63, 3.8) is 0 Å². The van der Waals surface area contributed by atoms with Crippen LogP contribution in [0, 0.1) is 0 Å². The van der Waals surface area contributed by atoms with Crippen LogP contribution in [0.5, 0.6) is 0 Å². The van der Waals surface area contributed by atoms with E-state index in [1.165, 1.54) is 52.5 Å². The fourth-order valence-corrected chi connectivity index (χ4v) is 23.9. The summed E-state index contributed by atoms with van der Waals surface area (Å²) in [6, 6.07) is 22.1. The minimum Gasteiger partial charge on any atom is -0.396 e. The first-order chi connectivity index (χ1) is 65.2. The SMILES string of the molecule is CN(C[C@H]1O[C@@H](n2cnc3c(NC4CCCC4)nc(Cl)nc32)[C@@H]2OC(C)(C)O[C@@H]21)C(=O)CP(=O)(O)O.CN(C[C@H]1O[C@@H](n2cnc3c(NC4CCCC4)nc(Cl)nc32)[C@@H]2OC(C)(C)O[C@@H]21)C(=O)CP1(=O)OCCC(c2cccc(Cl)c2)O1.CN(C[C@H]1O[C@@H](n2cnc3c(NC4CCCC4)nc(Cl)nc32)[C@H](O)[C@@H]1O)C(=O)CP1(=O)OCCC(c2cccc(Cl)c2)O1.OCCC(O)c1cccc(Cl)c1. The monoisotopic (exact) mass is 2080 g/mol. The first-order valence-corrected chi connectivity index (χ1v) is 52.9. The van der Waals surface area contributed by atoms with Crippen LogP contribution in [-0.4, -0.2) is 285 Å². The van der Waals surface area contributed by atoms with Gasteiger partial charge in [-0.2, -0.15) is 29.9 Å². The fraction of sp³-hybridized carbons (Fsp3) is 0.586. The van der Waals surface area contributed by atoms with Crippen LogP contribution in [0.4, 0.5) is 17.5 Å². The van der Waals surface area contributed by atoms with Gasteiger partial charge < -0.3 is 103 Å². The predicted molar refractivity (Wildman–Crippen MR) is 505 cm³/mol. The largest absolute Gasteiger partial charge is 0.396 e. The van der Waals surface area contributed by atoms with Crippen molar-refractivity contribution in [2.45, 2.75) is 246 Å². The Labute approximate surface area is 818 Å². The highest BCUT2D eigenvalue weighted by molar-refractivity contribution is 7.55. The molecule has 19 rings (SSSR count). The summed E-state index contributed by atoms with van der Waals surface area (Å²) in [6.45, 7) is 7.69. The van der Waals surface area contributed by atoms with Gasteiger partial charge in [0.2, 0.25) is 33.6 Å².